The fourth-order valence-corrected chi connectivity index (χ4v) is 2.28. The molecule has 0 amide bonds. The van der Waals surface area contributed by atoms with E-state index in [0.29, 0.717) is 18.3 Å². The van der Waals surface area contributed by atoms with Crippen LogP contribution in [0.3, 0.4) is 0 Å². The van der Waals surface area contributed by atoms with E-state index < -0.39 is 0 Å². The lowest BCUT2D eigenvalue weighted by molar-refractivity contribution is 0.262. The highest BCUT2D eigenvalue weighted by atomic mass is 127. The Kier molecular flexibility index (Phi) is 4.39. The van der Waals surface area contributed by atoms with E-state index in [9.17, 15) is 0 Å². The first kappa shape index (κ1) is 12.8. The van der Waals surface area contributed by atoms with Crippen molar-refractivity contribution in [2.24, 2.45) is 5.73 Å². The van der Waals surface area contributed by atoms with Crippen molar-refractivity contribution in [3.8, 4) is 0 Å². The number of hydrogen-bond acceptors (Lipinski definition) is 2. The summed E-state index contributed by atoms with van der Waals surface area (Å²) in [6.07, 6.45) is 3.27. The molecule has 0 atom stereocenters. The largest absolute Gasteiger partial charge is 0.388 e. The van der Waals surface area contributed by atoms with E-state index in [2.05, 4.69) is 51.8 Å². The zero-order chi connectivity index (χ0) is 12.3. The number of halogens is 1. The standard InChI is InChI=1S/C13H18IN3/c14-11-3-1-10(2-4-11)9-17(12-5-6-12)8-7-13(15)16/h1-4,12H,5-9H2,(H3,15,16). The fourth-order valence-electron chi connectivity index (χ4n) is 1.92. The molecule has 92 valence electrons. The van der Waals surface area contributed by atoms with E-state index >= 15 is 0 Å². The van der Waals surface area contributed by atoms with Gasteiger partial charge in [0, 0.05) is 29.1 Å². The van der Waals surface area contributed by atoms with Gasteiger partial charge in [-0.3, -0.25) is 10.3 Å². The van der Waals surface area contributed by atoms with Crippen LogP contribution < -0.4 is 5.73 Å². The van der Waals surface area contributed by atoms with Crippen LogP contribution in [0.1, 0.15) is 24.8 Å². The third-order valence-corrected chi connectivity index (χ3v) is 3.75. The van der Waals surface area contributed by atoms with Crippen LogP contribution in [0.2, 0.25) is 0 Å². The Morgan fingerprint density at radius 3 is 2.53 bits per heavy atom. The summed E-state index contributed by atoms with van der Waals surface area (Å²) in [5.41, 5.74) is 6.78. The first-order valence-electron chi connectivity index (χ1n) is 5.96. The molecule has 1 fully saturated rings. The minimum Gasteiger partial charge on any atom is -0.388 e. The van der Waals surface area contributed by atoms with E-state index in [1.54, 1.807) is 0 Å². The Bertz CT molecular complexity index is 384. The van der Waals surface area contributed by atoms with Gasteiger partial charge >= 0.3 is 0 Å². The Morgan fingerprint density at radius 1 is 1.35 bits per heavy atom. The van der Waals surface area contributed by atoms with Crippen molar-refractivity contribution in [3.63, 3.8) is 0 Å². The molecule has 1 aromatic rings. The molecule has 0 radical (unpaired) electrons. The van der Waals surface area contributed by atoms with Crippen LogP contribution in [0.5, 0.6) is 0 Å². The SMILES string of the molecule is N=C(N)CCN(Cc1ccc(I)cc1)C1CC1. The molecule has 0 unspecified atom stereocenters. The molecule has 2 rings (SSSR count). The van der Waals surface area contributed by atoms with E-state index in [1.165, 1.54) is 22.0 Å². The topological polar surface area (TPSA) is 53.1 Å². The van der Waals surface area contributed by atoms with Gasteiger partial charge in [0.15, 0.2) is 0 Å². The van der Waals surface area contributed by atoms with Gasteiger partial charge in [0.1, 0.15) is 0 Å². The predicted molar refractivity (Wildman–Crippen MR) is 79.1 cm³/mol. The number of hydrogen-bond donors (Lipinski definition) is 2. The molecular formula is C13H18IN3. The minimum atomic E-state index is 0.290. The van der Waals surface area contributed by atoms with E-state index in [-0.39, 0.29) is 0 Å². The molecule has 0 aliphatic heterocycles. The van der Waals surface area contributed by atoms with Crippen LogP contribution in [0, 0.1) is 8.98 Å². The summed E-state index contributed by atoms with van der Waals surface area (Å²) in [5.74, 6) is 0.290. The van der Waals surface area contributed by atoms with E-state index in [4.69, 9.17) is 11.1 Å². The Morgan fingerprint density at radius 2 is 2.00 bits per heavy atom. The molecule has 17 heavy (non-hydrogen) atoms. The van der Waals surface area contributed by atoms with Crippen LogP contribution in [0.25, 0.3) is 0 Å². The lowest BCUT2D eigenvalue weighted by atomic mass is 10.2. The van der Waals surface area contributed by atoms with Crippen LogP contribution in [0.4, 0.5) is 0 Å². The maximum absolute atomic E-state index is 7.31. The summed E-state index contributed by atoms with van der Waals surface area (Å²) in [4.78, 5) is 2.45. The second kappa shape index (κ2) is 5.82. The third-order valence-electron chi connectivity index (χ3n) is 3.03. The zero-order valence-electron chi connectivity index (χ0n) is 9.82. The Labute approximate surface area is 116 Å². The number of rotatable bonds is 6. The van der Waals surface area contributed by atoms with Crippen molar-refractivity contribution in [2.75, 3.05) is 6.54 Å². The summed E-state index contributed by atoms with van der Waals surface area (Å²) < 4.78 is 1.27. The summed E-state index contributed by atoms with van der Waals surface area (Å²) >= 11 is 2.32. The van der Waals surface area contributed by atoms with E-state index in [1.807, 2.05) is 0 Å². The van der Waals surface area contributed by atoms with Gasteiger partial charge in [-0.2, -0.15) is 0 Å². The van der Waals surface area contributed by atoms with Gasteiger partial charge in [0.05, 0.1) is 5.84 Å². The molecule has 0 aromatic heterocycles. The molecule has 4 heteroatoms. The highest BCUT2D eigenvalue weighted by molar-refractivity contribution is 14.1. The second-order valence-electron chi connectivity index (χ2n) is 4.60. The average Bonchev–Trinajstić information content (AvgIpc) is 3.10. The van der Waals surface area contributed by atoms with Gasteiger partial charge < -0.3 is 5.73 Å². The van der Waals surface area contributed by atoms with Gasteiger partial charge in [-0.05, 0) is 53.1 Å². The number of nitrogens with two attached hydrogens (primary N) is 1. The van der Waals surface area contributed by atoms with Gasteiger partial charge in [0.25, 0.3) is 0 Å². The third kappa shape index (κ3) is 4.27. The highest BCUT2D eigenvalue weighted by Gasteiger charge is 2.28. The van der Waals surface area contributed by atoms with Crippen LogP contribution in [-0.2, 0) is 6.54 Å². The molecule has 0 bridgehead atoms. The average molecular weight is 343 g/mol. The number of amidine groups is 1. The van der Waals surface area contributed by atoms with Gasteiger partial charge in [-0.25, -0.2) is 0 Å². The molecule has 0 spiro atoms. The summed E-state index contributed by atoms with van der Waals surface area (Å²) in [6.45, 7) is 1.89. The van der Waals surface area contributed by atoms with Crippen LogP contribution in [0.15, 0.2) is 24.3 Å². The molecule has 0 heterocycles. The van der Waals surface area contributed by atoms with Gasteiger partial charge in [-0.15, -0.1) is 0 Å². The highest BCUT2D eigenvalue weighted by Crippen LogP contribution is 2.28. The van der Waals surface area contributed by atoms with Crippen molar-refractivity contribution in [3.05, 3.63) is 33.4 Å². The number of nitrogens with zero attached hydrogens (tertiary/aromatic N) is 1. The van der Waals surface area contributed by atoms with Crippen LogP contribution >= 0.6 is 22.6 Å². The van der Waals surface area contributed by atoms with Crippen molar-refractivity contribution in [2.45, 2.75) is 31.8 Å². The van der Waals surface area contributed by atoms with Gasteiger partial charge in [-0.1, -0.05) is 12.1 Å². The minimum absolute atomic E-state index is 0.290. The Hall–Kier alpha value is -0.620. The van der Waals surface area contributed by atoms with Crippen molar-refractivity contribution < 1.29 is 0 Å². The van der Waals surface area contributed by atoms with Crippen molar-refractivity contribution >= 4 is 28.4 Å². The lowest BCUT2D eigenvalue weighted by Gasteiger charge is -2.21. The summed E-state index contributed by atoms with van der Waals surface area (Å²) in [7, 11) is 0. The fraction of sp³-hybridized carbons (Fsp3) is 0.462. The summed E-state index contributed by atoms with van der Waals surface area (Å²) in [5, 5.41) is 7.31. The summed E-state index contributed by atoms with van der Waals surface area (Å²) in [6, 6.07) is 9.38. The predicted octanol–water partition coefficient (Wildman–Crippen LogP) is 2.58. The normalized spacial score (nSPS) is 15.2. The quantitative estimate of drug-likeness (QED) is 0.474. The molecule has 1 aliphatic carbocycles. The first-order chi connectivity index (χ1) is 8.15. The smallest absolute Gasteiger partial charge is 0.0918 e. The maximum atomic E-state index is 7.31. The molecule has 0 saturated heterocycles. The molecule has 1 saturated carbocycles. The van der Waals surface area contributed by atoms with Gasteiger partial charge in [0.2, 0.25) is 0 Å². The van der Waals surface area contributed by atoms with Crippen molar-refractivity contribution in [1.29, 1.82) is 5.41 Å². The van der Waals surface area contributed by atoms with Crippen molar-refractivity contribution in [1.82, 2.24) is 4.90 Å². The zero-order valence-corrected chi connectivity index (χ0v) is 12.0. The molecular weight excluding hydrogens is 325 g/mol. The number of benzene rings is 1. The number of nitrogens with one attached hydrogen (secondary N) is 1. The van der Waals surface area contributed by atoms with Crippen LogP contribution in [-0.4, -0.2) is 23.3 Å². The molecule has 3 N–H and O–H groups in total. The lowest BCUT2D eigenvalue weighted by Crippen LogP contribution is -2.29. The molecule has 3 nitrogen and oxygen atoms in total. The Balaban J connectivity index is 1.92. The monoisotopic (exact) mass is 343 g/mol. The first-order valence-corrected chi connectivity index (χ1v) is 7.04. The maximum Gasteiger partial charge on any atom is 0.0918 e. The molecule has 1 aromatic carbocycles. The van der Waals surface area contributed by atoms with E-state index in [0.717, 1.165) is 13.1 Å². The second-order valence-corrected chi connectivity index (χ2v) is 5.85. The molecule has 1 aliphatic rings.